The molecule has 19 heavy (non-hydrogen) atoms. The molecule has 0 spiro atoms. The second-order valence-electron chi connectivity index (χ2n) is 4.64. The molecule has 1 aromatic carbocycles. The lowest BCUT2D eigenvalue weighted by Gasteiger charge is -2.22. The summed E-state index contributed by atoms with van der Waals surface area (Å²) in [6, 6.07) is 10.0. The molecule has 0 aliphatic rings. The third kappa shape index (κ3) is 3.43. The number of nitrogens with two attached hydrogens (primary N) is 1. The van der Waals surface area contributed by atoms with Gasteiger partial charge in [0.15, 0.2) is 0 Å². The van der Waals surface area contributed by atoms with Crippen molar-refractivity contribution in [1.82, 2.24) is 9.78 Å². The smallest absolute Gasteiger partial charge is 0.0975 e. The van der Waals surface area contributed by atoms with E-state index in [0.29, 0.717) is 0 Å². The van der Waals surface area contributed by atoms with E-state index in [-0.39, 0.29) is 12.1 Å². The van der Waals surface area contributed by atoms with Crippen LogP contribution in [0, 0.1) is 0 Å². The molecule has 0 bridgehead atoms. The minimum Gasteiger partial charge on any atom is -0.375 e. The molecule has 102 valence electrons. The summed E-state index contributed by atoms with van der Waals surface area (Å²) in [5.41, 5.74) is 8.54. The van der Waals surface area contributed by atoms with Crippen LogP contribution in [0.4, 0.5) is 0 Å². The van der Waals surface area contributed by atoms with Crippen molar-refractivity contribution in [3.8, 4) is 0 Å². The van der Waals surface area contributed by atoms with Gasteiger partial charge in [-0.2, -0.15) is 5.10 Å². The van der Waals surface area contributed by atoms with E-state index in [1.165, 1.54) is 0 Å². The lowest BCUT2D eigenvalue weighted by atomic mass is 9.98. The number of aryl methyl sites for hydroxylation is 1. The minimum atomic E-state index is -0.0915. The number of hydrogen-bond donors (Lipinski definition) is 1. The van der Waals surface area contributed by atoms with Gasteiger partial charge in [0, 0.05) is 25.9 Å². The van der Waals surface area contributed by atoms with Crippen molar-refractivity contribution < 1.29 is 4.74 Å². The lowest BCUT2D eigenvalue weighted by Crippen LogP contribution is -2.31. The van der Waals surface area contributed by atoms with Crippen LogP contribution >= 0.6 is 0 Å². The second kappa shape index (κ2) is 6.50. The molecule has 0 amide bonds. The summed E-state index contributed by atoms with van der Waals surface area (Å²) in [6.45, 7) is 2.94. The highest BCUT2D eigenvalue weighted by molar-refractivity contribution is 5.20. The van der Waals surface area contributed by atoms with Crippen molar-refractivity contribution in [3.63, 3.8) is 0 Å². The molecule has 1 heterocycles. The van der Waals surface area contributed by atoms with E-state index in [2.05, 4.69) is 12.0 Å². The topological polar surface area (TPSA) is 53.1 Å². The summed E-state index contributed by atoms with van der Waals surface area (Å²) in [5, 5.41) is 4.27. The van der Waals surface area contributed by atoms with Gasteiger partial charge in [-0.05, 0) is 24.5 Å². The quantitative estimate of drug-likeness (QED) is 0.865. The van der Waals surface area contributed by atoms with Gasteiger partial charge in [0.2, 0.25) is 0 Å². The first-order chi connectivity index (χ1) is 9.24. The summed E-state index contributed by atoms with van der Waals surface area (Å²) in [7, 11) is 1.70. The fourth-order valence-electron chi connectivity index (χ4n) is 2.26. The molecule has 0 aliphatic carbocycles. The average Bonchev–Trinajstić information content (AvgIpc) is 2.88. The van der Waals surface area contributed by atoms with Gasteiger partial charge in [0.1, 0.15) is 0 Å². The molecule has 0 fully saturated rings. The Morgan fingerprint density at radius 3 is 2.63 bits per heavy atom. The summed E-state index contributed by atoms with van der Waals surface area (Å²) in [5.74, 6) is 0. The van der Waals surface area contributed by atoms with Gasteiger partial charge in [-0.15, -0.1) is 0 Å². The number of rotatable bonds is 6. The summed E-state index contributed by atoms with van der Waals surface area (Å²) < 4.78 is 7.46. The highest BCUT2D eigenvalue weighted by atomic mass is 16.5. The van der Waals surface area contributed by atoms with Crippen LogP contribution in [-0.2, 0) is 17.7 Å². The zero-order valence-electron chi connectivity index (χ0n) is 11.5. The van der Waals surface area contributed by atoms with Gasteiger partial charge in [0.05, 0.1) is 12.3 Å². The maximum atomic E-state index is 6.28. The predicted molar refractivity (Wildman–Crippen MR) is 75.8 cm³/mol. The Morgan fingerprint density at radius 1 is 1.32 bits per heavy atom. The Hall–Kier alpha value is -1.65. The molecule has 4 heteroatoms. The Bertz CT molecular complexity index is 495. The summed E-state index contributed by atoms with van der Waals surface area (Å²) >= 11 is 0. The van der Waals surface area contributed by atoms with E-state index >= 15 is 0 Å². The zero-order valence-corrected chi connectivity index (χ0v) is 11.5. The van der Waals surface area contributed by atoms with Crippen LogP contribution in [0.2, 0.25) is 0 Å². The molecular weight excluding hydrogens is 238 g/mol. The van der Waals surface area contributed by atoms with Crippen LogP contribution in [-0.4, -0.2) is 22.9 Å². The number of aromatic nitrogens is 2. The zero-order chi connectivity index (χ0) is 13.7. The lowest BCUT2D eigenvalue weighted by molar-refractivity contribution is 0.0802. The van der Waals surface area contributed by atoms with Crippen LogP contribution in [0.15, 0.2) is 42.7 Å². The first-order valence-corrected chi connectivity index (χ1v) is 6.59. The molecule has 2 atom stereocenters. The van der Waals surface area contributed by atoms with E-state index < -0.39 is 0 Å². The molecule has 2 N–H and O–H groups in total. The van der Waals surface area contributed by atoms with Crippen LogP contribution in [0.3, 0.4) is 0 Å². The number of nitrogens with zero attached hydrogens (tertiary/aromatic N) is 2. The molecular formula is C15H21N3O. The maximum Gasteiger partial charge on any atom is 0.0975 e. The highest BCUT2D eigenvalue weighted by Gasteiger charge is 2.20. The average molecular weight is 259 g/mol. The predicted octanol–water partition coefficient (Wildman–Crippen LogP) is 2.16. The van der Waals surface area contributed by atoms with Crippen molar-refractivity contribution in [2.75, 3.05) is 7.11 Å². The highest BCUT2D eigenvalue weighted by Crippen LogP contribution is 2.21. The maximum absolute atomic E-state index is 6.28. The molecule has 2 aromatic rings. The second-order valence-corrected chi connectivity index (χ2v) is 4.64. The van der Waals surface area contributed by atoms with Crippen LogP contribution in [0.1, 0.15) is 24.2 Å². The van der Waals surface area contributed by atoms with E-state index in [1.54, 1.807) is 7.11 Å². The van der Waals surface area contributed by atoms with E-state index in [4.69, 9.17) is 10.5 Å². The van der Waals surface area contributed by atoms with Crippen molar-refractivity contribution >= 4 is 0 Å². The SMILES string of the molecule is CCn1cc(CC(N)C(OC)c2ccccc2)cn1. The molecule has 1 aromatic heterocycles. The molecule has 0 radical (unpaired) electrons. The standard InChI is InChI=1S/C15H21N3O/c1-3-18-11-12(10-17-18)9-14(16)15(19-2)13-7-5-4-6-8-13/h4-8,10-11,14-15H,3,9,16H2,1-2H3. The third-order valence-corrected chi connectivity index (χ3v) is 3.25. The fraction of sp³-hybridized carbons (Fsp3) is 0.400. The summed E-state index contributed by atoms with van der Waals surface area (Å²) in [6.07, 6.45) is 4.58. The van der Waals surface area contributed by atoms with Crippen molar-refractivity contribution in [3.05, 3.63) is 53.9 Å². The molecule has 4 nitrogen and oxygen atoms in total. The molecule has 0 saturated heterocycles. The Labute approximate surface area is 114 Å². The van der Waals surface area contributed by atoms with Gasteiger partial charge in [-0.25, -0.2) is 0 Å². The van der Waals surface area contributed by atoms with E-state index in [1.807, 2.05) is 47.4 Å². The normalized spacial score (nSPS) is 14.3. The largest absolute Gasteiger partial charge is 0.375 e. The van der Waals surface area contributed by atoms with Crippen molar-refractivity contribution in [1.29, 1.82) is 0 Å². The van der Waals surface area contributed by atoms with Gasteiger partial charge < -0.3 is 10.5 Å². The number of benzene rings is 1. The number of methoxy groups -OCH3 is 1. The van der Waals surface area contributed by atoms with Crippen molar-refractivity contribution in [2.45, 2.75) is 32.0 Å². The van der Waals surface area contributed by atoms with Gasteiger partial charge in [-0.1, -0.05) is 30.3 Å². The first kappa shape index (κ1) is 13.8. The summed E-state index contributed by atoms with van der Waals surface area (Å²) in [4.78, 5) is 0. The van der Waals surface area contributed by atoms with Gasteiger partial charge in [0.25, 0.3) is 0 Å². The van der Waals surface area contributed by atoms with Crippen LogP contribution in [0.25, 0.3) is 0 Å². The Kier molecular flexibility index (Phi) is 4.71. The molecule has 2 rings (SSSR count). The van der Waals surface area contributed by atoms with Crippen molar-refractivity contribution in [2.24, 2.45) is 5.73 Å². The Morgan fingerprint density at radius 2 is 2.05 bits per heavy atom. The molecule has 0 saturated carbocycles. The van der Waals surface area contributed by atoms with E-state index in [9.17, 15) is 0 Å². The van der Waals surface area contributed by atoms with Crippen LogP contribution < -0.4 is 5.73 Å². The monoisotopic (exact) mass is 259 g/mol. The van der Waals surface area contributed by atoms with Gasteiger partial charge in [-0.3, -0.25) is 4.68 Å². The van der Waals surface area contributed by atoms with E-state index in [0.717, 1.165) is 24.1 Å². The number of ether oxygens (including phenoxy) is 1. The molecule has 0 aliphatic heterocycles. The minimum absolute atomic E-state index is 0.0816. The van der Waals surface area contributed by atoms with Gasteiger partial charge >= 0.3 is 0 Å². The molecule has 2 unspecified atom stereocenters. The Balaban J connectivity index is 2.06. The van der Waals surface area contributed by atoms with Crippen LogP contribution in [0.5, 0.6) is 0 Å². The first-order valence-electron chi connectivity index (χ1n) is 6.59. The number of hydrogen-bond acceptors (Lipinski definition) is 3. The fourth-order valence-corrected chi connectivity index (χ4v) is 2.26. The third-order valence-electron chi connectivity index (χ3n) is 3.25.